The van der Waals surface area contributed by atoms with E-state index in [9.17, 15) is 14.6 Å². The highest BCUT2D eigenvalue weighted by Crippen LogP contribution is 2.31. The molecule has 0 aliphatic carbocycles. The molecule has 35 heavy (non-hydrogen) atoms. The monoisotopic (exact) mass is 517 g/mol. The number of hydrogen-bond acceptors (Lipinski definition) is 5. The van der Waals surface area contributed by atoms with E-state index < -0.39 is 20.0 Å². The molecule has 206 valence electrons. The molecule has 0 amide bonds. The van der Waals surface area contributed by atoms with Crippen molar-refractivity contribution in [1.29, 1.82) is 0 Å². The van der Waals surface area contributed by atoms with Crippen molar-refractivity contribution in [1.82, 2.24) is 0 Å². The summed E-state index contributed by atoms with van der Waals surface area (Å²) in [5.41, 5.74) is 0. The Morgan fingerprint density at radius 1 is 0.914 bits per heavy atom. The molecule has 1 aromatic rings. The SMILES string of the molecule is CC(C)OP(=O)([O-])O.CCCCCCCCCCCCC[N+](C)(C)CC(O)COc1ccccc1. The summed E-state index contributed by atoms with van der Waals surface area (Å²) < 4.78 is 20.3. The van der Waals surface area contributed by atoms with Crippen LogP contribution in [0.25, 0.3) is 0 Å². The zero-order valence-corrected chi connectivity index (χ0v) is 23.8. The Balaban J connectivity index is 0.00000124. The number of phosphoric acid groups is 1. The zero-order chi connectivity index (χ0) is 26.6. The zero-order valence-electron chi connectivity index (χ0n) is 22.9. The molecule has 0 aromatic heterocycles. The summed E-state index contributed by atoms with van der Waals surface area (Å²) in [4.78, 5) is 17.8. The standard InChI is InChI=1S/C24H44NO2.C3H9O4P/c1-4-5-6-7-8-9-10-11-12-13-17-20-25(2,3)21-23(26)22-27-24-18-15-14-16-19-24;1-3(2)7-8(4,5)6/h14-16,18-19,23,26H,4-13,17,20-22H2,1-3H3;3H,1-2H3,(H2,4,5,6)/q+1;/p-1. The molecule has 0 aliphatic rings. The minimum absolute atomic E-state index is 0.365. The number of unbranched alkanes of at least 4 members (excludes halogenated alkanes) is 10. The third kappa shape index (κ3) is 24.5. The molecule has 0 bridgehead atoms. The summed E-state index contributed by atoms with van der Waals surface area (Å²) in [7, 11) is -0.0511. The predicted octanol–water partition coefficient (Wildman–Crippen LogP) is 5.69. The molecule has 0 heterocycles. The lowest BCUT2D eigenvalue weighted by atomic mass is 10.1. The Bertz CT molecular complexity index is 650. The molecule has 2 unspecified atom stereocenters. The van der Waals surface area contributed by atoms with Gasteiger partial charge in [0.05, 0.1) is 26.7 Å². The summed E-state index contributed by atoms with van der Waals surface area (Å²) >= 11 is 0. The summed E-state index contributed by atoms with van der Waals surface area (Å²) in [5.74, 6) is 0.826. The molecule has 0 aliphatic heterocycles. The van der Waals surface area contributed by atoms with Crippen LogP contribution in [-0.2, 0) is 9.09 Å². The quantitative estimate of drug-likeness (QED) is 0.139. The number of benzene rings is 1. The van der Waals surface area contributed by atoms with Gasteiger partial charge in [0.1, 0.15) is 25.0 Å². The molecule has 2 atom stereocenters. The first-order valence-corrected chi connectivity index (χ1v) is 14.8. The smallest absolute Gasteiger partial charge is 0.265 e. The lowest BCUT2D eigenvalue weighted by Crippen LogP contribution is -2.47. The maximum atomic E-state index is 10.3. The minimum atomic E-state index is -4.47. The second-order valence-corrected chi connectivity index (χ2v) is 11.4. The first-order valence-electron chi connectivity index (χ1n) is 13.4. The van der Waals surface area contributed by atoms with Crippen molar-refractivity contribution in [3.8, 4) is 5.75 Å². The lowest BCUT2D eigenvalue weighted by molar-refractivity contribution is -0.893. The van der Waals surface area contributed by atoms with Crippen molar-refractivity contribution >= 4 is 7.82 Å². The fraction of sp³-hybridized carbons (Fsp3) is 0.778. The largest absolute Gasteiger partial charge is 0.756 e. The normalized spacial score (nSPS) is 14.2. The van der Waals surface area contributed by atoms with E-state index in [1.54, 1.807) is 0 Å². The predicted molar refractivity (Wildman–Crippen MR) is 142 cm³/mol. The molecule has 0 radical (unpaired) electrons. The van der Waals surface area contributed by atoms with Gasteiger partial charge >= 0.3 is 0 Å². The van der Waals surface area contributed by atoms with E-state index in [-0.39, 0.29) is 0 Å². The van der Waals surface area contributed by atoms with Gasteiger partial charge in [-0.2, -0.15) is 0 Å². The summed E-state index contributed by atoms with van der Waals surface area (Å²) in [5, 5.41) is 10.3. The van der Waals surface area contributed by atoms with Gasteiger partial charge in [0.25, 0.3) is 7.82 Å². The van der Waals surface area contributed by atoms with Crippen molar-refractivity contribution in [2.24, 2.45) is 0 Å². The molecule has 0 spiro atoms. The van der Waals surface area contributed by atoms with Gasteiger partial charge < -0.3 is 28.6 Å². The number of ether oxygens (including phenoxy) is 1. The van der Waals surface area contributed by atoms with Crippen LogP contribution < -0.4 is 9.63 Å². The Morgan fingerprint density at radius 2 is 1.40 bits per heavy atom. The Kier molecular flexibility index (Phi) is 19.6. The van der Waals surface area contributed by atoms with E-state index in [1.807, 2.05) is 30.3 Å². The first-order chi connectivity index (χ1) is 16.4. The number of nitrogens with zero attached hydrogens (tertiary/aromatic N) is 1. The van der Waals surface area contributed by atoms with Crippen molar-refractivity contribution in [3.05, 3.63) is 30.3 Å². The van der Waals surface area contributed by atoms with Gasteiger partial charge in [0, 0.05) is 0 Å². The van der Waals surface area contributed by atoms with Crippen LogP contribution in [-0.4, -0.2) is 60.5 Å². The molecule has 0 saturated carbocycles. The average molecular weight is 518 g/mol. The van der Waals surface area contributed by atoms with E-state index in [0.29, 0.717) is 6.61 Å². The van der Waals surface area contributed by atoms with Crippen molar-refractivity contribution in [3.63, 3.8) is 0 Å². The van der Waals surface area contributed by atoms with Crippen molar-refractivity contribution in [2.45, 2.75) is 104 Å². The Hall–Kier alpha value is -0.950. The first kappa shape index (κ1) is 34.0. The molecule has 2 N–H and O–H groups in total. The second-order valence-electron chi connectivity index (χ2n) is 10.3. The van der Waals surface area contributed by atoms with E-state index in [1.165, 1.54) is 84.5 Å². The molecule has 8 heteroatoms. The van der Waals surface area contributed by atoms with Crippen LogP contribution >= 0.6 is 7.82 Å². The van der Waals surface area contributed by atoms with Crippen LogP contribution in [0.4, 0.5) is 0 Å². The number of hydrogen-bond donors (Lipinski definition) is 2. The lowest BCUT2D eigenvalue weighted by Gasteiger charge is -2.31. The molecule has 1 aromatic carbocycles. The van der Waals surface area contributed by atoms with Gasteiger partial charge in [-0.15, -0.1) is 0 Å². The summed E-state index contributed by atoms with van der Waals surface area (Å²) in [6.07, 6.45) is 14.2. The molecule has 0 saturated heterocycles. The number of aliphatic hydroxyl groups excluding tert-OH is 1. The number of phosphoric ester groups is 1. The average Bonchev–Trinajstić information content (AvgIpc) is 2.75. The fourth-order valence-corrected chi connectivity index (χ4v) is 4.43. The number of para-hydroxylation sites is 1. The maximum absolute atomic E-state index is 10.3. The topological polar surface area (TPSA) is 99.1 Å². The van der Waals surface area contributed by atoms with E-state index in [2.05, 4.69) is 25.5 Å². The summed E-state index contributed by atoms with van der Waals surface area (Å²) in [6, 6.07) is 9.73. The minimum Gasteiger partial charge on any atom is -0.756 e. The highest BCUT2D eigenvalue weighted by Gasteiger charge is 2.20. The number of quaternary nitrogens is 1. The van der Waals surface area contributed by atoms with Crippen LogP contribution in [0.1, 0.15) is 91.4 Å². The highest BCUT2D eigenvalue weighted by atomic mass is 31.2. The Morgan fingerprint density at radius 3 is 1.83 bits per heavy atom. The molecule has 0 fully saturated rings. The number of rotatable bonds is 19. The van der Waals surface area contributed by atoms with Gasteiger partial charge in [-0.3, -0.25) is 4.57 Å². The van der Waals surface area contributed by atoms with Crippen LogP contribution in [0.5, 0.6) is 5.75 Å². The van der Waals surface area contributed by atoms with Gasteiger partial charge in [0.15, 0.2) is 0 Å². The Labute approximate surface area is 214 Å². The second kappa shape index (κ2) is 20.1. The van der Waals surface area contributed by atoms with Gasteiger partial charge in [-0.25, -0.2) is 0 Å². The van der Waals surface area contributed by atoms with Crippen molar-refractivity contribution < 1.29 is 33.2 Å². The summed E-state index contributed by atoms with van der Waals surface area (Å²) in [6.45, 7) is 7.54. The molecule has 1 rings (SSSR count). The van der Waals surface area contributed by atoms with Crippen molar-refractivity contribution in [2.75, 3.05) is 33.8 Å². The van der Waals surface area contributed by atoms with E-state index >= 15 is 0 Å². The fourth-order valence-electron chi connectivity index (χ4n) is 3.89. The van der Waals surface area contributed by atoms with Gasteiger partial charge in [0.2, 0.25) is 0 Å². The van der Waals surface area contributed by atoms with Gasteiger partial charge in [-0.05, 0) is 38.8 Å². The van der Waals surface area contributed by atoms with Crippen LogP contribution in [0.15, 0.2) is 30.3 Å². The maximum Gasteiger partial charge on any atom is 0.265 e. The molecular weight excluding hydrogens is 465 g/mol. The number of aliphatic hydroxyl groups is 1. The third-order valence-corrected chi connectivity index (χ3v) is 6.29. The highest BCUT2D eigenvalue weighted by molar-refractivity contribution is 7.44. The van der Waals surface area contributed by atoms with Gasteiger partial charge in [-0.1, -0.05) is 82.9 Å². The van der Waals surface area contributed by atoms with E-state index in [0.717, 1.165) is 23.3 Å². The number of likely N-dealkylation sites (N-methyl/N-ethyl adjacent to an activating group) is 1. The molecular formula is C27H52NO6P. The third-order valence-electron chi connectivity index (χ3n) is 5.60. The van der Waals surface area contributed by atoms with E-state index in [4.69, 9.17) is 9.63 Å². The van der Waals surface area contributed by atoms with Crippen LogP contribution in [0.3, 0.4) is 0 Å². The van der Waals surface area contributed by atoms with Crippen LogP contribution in [0.2, 0.25) is 0 Å². The molecule has 7 nitrogen and oxygen atoms in total. The van der Waals surface area contributed by atoms with Crippen LogP contribution in [0, 0.1) is 0 Å².